The first kappa shape index (κ1) is 30.8. The first-order chi connectivity index (χ1) is 20.7. The zero-order valence-electron chi connectivity index (χ0n) is 25.5. The predicted molar refractivity (Wildman–Crippen MR) is 161 cm³/mol. The molecule has 2 N–H and O–H groups in total. The SMILES string of the molecule is CCOC(=O)[C@H]1CC[C@@H](Oc2cc(C(=O)N[C@@H]3[C@H]4CC[C@H](C4)[C@@H]3C(=O)Nc3cccc(C(C)C)c3)c(OC)cc2F)CC1. The van der Waals surface area contributed by atoms with E-state index in [2.05, 4.69) is 24.5 Å². The van der Waals surface area contributed by atoms with E-state index >= 15 is 4.39 Å². The highest BCUT2D eigenvalue weighted by molar-refractivity contribution is 5.99. The molecule has 232 valence electrons. The Morgan fingerprint density at radius 3 is 2.42 bits per heavy atom. The third-order valence-electron chi connectivity index (χ3n) is 9.42. The zero-order chi connectivity index (χ0) is 30.7. The fourth-order valence-electron chi connectivity index (χ4n) is 7.13. The first-order valence-corrected chi connectivity index (χ1v) is 15.6. The average molecular weight is 595 g/mol. The maximum absolute atomic E-state index is 15.1. The standard InChI is InChI=1S/C34H43FN2O6/c1-5-42-34(40)20-11-13-25(14-12-20)43-29-17-26(28(41-4)18-27(29)35)32(38)37-31-23-10-9-22(15-23)30(31)33(39)36-24-8-6-7-21(16-24)19(2)3/h6-8,16-20,22-23,25,30-31H,5,9-15H2,1-4H3,(H,36,39)(H,37,38)/t20-,22-,23+,25+,30+,31-/m1/s1. The summed E-state index contributed by atoms with van der Waals surface area (Å²) < 4.78 is 31.6. The monoisotopic (exact) mass is 594 g/mol. The van der Waals surface area contributed by atoms with Crippen LogP contribution in [0.5, 0.6) is 11.5 Å². The van der Waals surface area contributed by atoms with Crippen molar-refractivity contribution in [3.63, 3.8) is 0 Å². The van der Waals surface area contributed by atoms with Crippen molar-refractivity contribution in [2.45, 2.75) is 83.8 Å². The molecule has 0 aliphatic heterocycles. The Balaban J connectivity index is 1.28. The van der Waals surface area contributed by atoms with Crippen LogP contribution in [-0.2, 0) is 14.3 Å². The number of anilines is 1. The van der Waals surface area contributed by atoms with Gasteiger partial charge in [-0.3, -0.25) is 14.4 Å². The summed E-state index contributed by atoms with van der Waals surface area (Å²) in [5.41, 5.74) is 2.05. The quantitative estimate of drug-likeness (QED) is 0.316. The number of fused-ring (bicyclic) bond motifs is 2. The highest BCUT2D eigenvalue weighted by Gasteiger charge is 2.51. The van der Waals surface area contributed by atoms with Crippen LogP contribution in [0.25, 0.3) is 0 Å². The Labute approximate surface area is 253 Å². The number of benzene rings is 2. The van der Waals surface area contributed by atoms with E-state index in [0.717, 1.165) is 30.5 Å². The number of nitrogens with one attached hydrogen (secondary N) is 2. The van der Waals surface area contributed by atoms with Crippen molar-refractivity contribution < 1.29 is 33.0 Å². The minimum Gasteiger partial charge on any atom is -0.496 e. The van der Waals surface area contributed by atoms with Gasteiger partial charge in [-0.1, -0.05) is 26.0 Å². The highest BCUT2D eigenvalue weighted by atomic mass is 19.1. The molecule has 4 atom stereocenters. The highest BCUT2D eigenvalue weighted by Crippen LogP contribution is 2.49. The van der Waals surface area contributed by atoms with Gasteiger partial charge in [0.1, 0.15) is 5.75 Å². The molecule has 3 fully saturated rings. The molecule has 0 spiro atoms. The van der Waals surface area contributed by atoms with E-state index in [-0.39, 0.29) is 64.8 Å². The van der Waals surface area contributed by atoms with Crippen molar-refractivity contribution in [2.24, 2.45) is 23.7 Å². The van der Waals surface area contributed by atoms with E-state index < -0.39 is 11.7 Å². The van der Waals surface area contributed by atoms with Crippen molar-refractivity contribution in [3.05, 3.63) is 53.3 Å². The van der Waals surface area contributed by atoms with Crippen molar-refractivity contribution >= 4 is 23.5 Å². The van der Waals surface area contributed by atoms with Crippen LogP contribution in [0, 0.1) is 29.5 Å². The van der Waals surface area contributed by atoms with Gasteiger partial charge in [0.25, 0.3) is 5.91 Å². The number of ether oxygens (including phenoxy) is 3. The van der Waals surface area contributed by atoms with Gasteiger partial charge in [-0.25, -0.2) is 4.39 Å². The van der Waals surface area contributed by atoms with E-state index in [4.69, 9.17) is 14.2 Å². The smallest absolute Gasteiger partial charge is 0.308 e. The van der Waals surface area contributed by atoms with Crippen molar-refractivity contribution in [1.29, 1.82) is 0 Å². The Hall–Kier alpha value is -3.62. The van der Waals surface area contributed by atoms with Gasteiger partial charge >= 0.3 is 5.97 Å². The lowest BCUT2D eigenvalue weighted by molar-refractivity contribution is -0.149. The number of amides is 2. The molecule has 2 aromatic carbocycles. The lowest BCUT2D eigenvalue weighted by Gasteiger charge is -2.31. The van der Waals surface area contributed by atoms with Crippen LogP contribution in [0.3, 0.4) is 0 Å². The third-order valence-corrected chi connectivity index (χ3v) is 9.42. The molecule has 5 rings (SSSR count). The Kier molecular flexibility index (Phi) is 9.57. The Bertz CT molecular complexity index is 1340. The van der Waals surface area contributed by atoms with Gasteiger partial charge in [-0.15, -0.1) is 0 Å². The largest absolute Gasteiger partial charge is 0.496 e. The van der Waals surface area contributed by atoms with Gasteiger partial charge < -0.3 is 24.8 Å². The van der Waals surface area contributed by atoms with Crippen molar-refractivity contribution in [1.82, 2.24) is 5.32 Å². The number of rotatable bonds is 10. The lowest BCUT2D eigenvalue weighted by atomic mass is 9.83. The number of hydrogen-bond donors (Lipinski definition) is 2. The molecule has 0 aromatic heterocycles. The Morgan fingerprint density at radius 2 is 1.72 bits per heavy atom. The number of carbonyl (C=O) groups is 3. The maximum atomic E-state index is 15.1. The number of hydrogen-bond acceptors (Lipinski definition) is 6. The van der Waals surface area contributed by atoms with Gasteiger partial charge in [0, 0.05) is 17.8 Å². The summed E-state index contributed by atoms with van der Waals surface area (Å²) >= 11 is 0. The molecule has 0 heterocycles. The molecular formula is C34H43FN2O6. The van der Waals surface area contributed by atoms with Crippen LogP contribution in [-0.4, -0.2) is 43.6 Å². The zero-order valence-corrected chi connectivity index (χ0v) is 25.5. The van der Waals surface area contributed by atoms with Crippen LogP contribution >= 0.6 is 0 Å². The molecule has 3 saturated carbocycles. The molecule has 0 radical (unpaired) electrons. The summed E-state index contributed by atoms with van der Waals surface area (Å²) in [6.45, 7) is 6.35. The minimum absolute atomic E-state index is 0.0298. The third kappa shape index (κ3) is 6.81. The molecule has 2 bridgehead atoms. The molecule has 0 saturated heterocycles. The van der Waals surface area contributed by atoms with E-state index in [0.29, 0.717) is 38.2 Å². The molecule has 43 heavy (non-hydrogen) atoms. The van der Waals surface area contributed by atoms with Crippen LogP contribution in [0.4, 0.5) is 10.1 Å². The number of carbonyl (C=O) groups excluding carboxylic acids is 3. The molecule has 9 heteroatoms. The maximum Gasteiger partial charge on any atom is 0.308 e. The van der Waals surface area contributed by atoms with E-state index in [1.54, 1.807) is 6.92 Å². The van der Waals surface area contributed by atoms with Crippen LogP contribution in [0.2, 0.25) is 0 Å². The fourth-order valence-corrected chi connectivity index (χ4v) is 7.13. The molecule has 0 unspecified atom stereocenters. The summed E-state index contributed by atoms with van der Waals surface area (Å²) in [6.07, 6.45) is 4.88. The lowest BCUT2D eigenvalue weighted by Crippen LogP contribution is -2.48. The number of halogens is 1. The van der Waals surface area contributed by atoms with Crippen LogP contribution in [0.1, 0.15) is 87.6 Å². The van der Waals surface area contributed by atoms with Crippen molar-refractivity contribution in [3.8, 4) is 11.5 Å². The molecular weight excluding hydrogens is 551 g/mol. The molecule has 2 amide bonds. The topological polar surface area (TPSA) is 103 Å². The summed E-state index contributed by atoms with van der Waals surface area (Å²) in [5.74, 6) is -1.07. The summed E-state index contributed by atoms with van der Waals surface area (Å²) in [4.78, 5) is 39.3. The summed E-state index contributed by atoms with van der Waals surface area (Å²) in [6, 6.07) is 10.1. The predicted octanol–water partition coefficient (Wildman–Crippen LogP) is 6.24. The van der Waals surface area contributed by atoms with Crippen LogP contribution in [0.15, 0.2) is 36.4 Å². The van der Waals surface area contributed by atoms with Gasteiger partial charge in [0.15, 0.2) is 11.6 Å². The average Bonchev–Trinajstić information content (AvgIpc) is 3.60. The molecule has 2 aromatic rings. The van der Waals surface area contributed by atoms with Crippen molar-refractivity contribution in [2.75, 3.05) is 19.0 Å². The van der Waals surface area contributed by atoms with Gasteiger partial charge in [-0.2, -0.15) is 0 Å². The van der Waals surface area contributed by atoms with E-state index in [1.807, 2.05) is 24.3 Å². The van der Waals surface area contributed by atoms with Gasteiger partial charge in [-0.05, 0) is 93.4 Å². The Morgan fingerprint density at radius 1 is 0.977 bits per heavy atom. The van der Waals surface area contributed by atoms with E-state index in [1.165, 1.54) is 19.2 Å². The summed E-state index contributed by atoms with van der Waals surface area (Å²) in [7, 11) is 1.39. The second kappa shape index (κ2) is 13.3. The van der Waals surface area contributed by atoms with Gasteiger partial charge in [0.2, 0.25) is 5.91 Å². The second-order valence-electron chi connectivity index (χ2n) is 12.5. The first-order valence-electron chi connectivity index (χ1n) is 15.6. The number of methoxy groups -OCH3 is 1. The molecule has 3 aliphatic rings. The van der Waals surface area contributed by atoms with Crippen LogP contribution < -0.4 is 20.1 Å². The molecule has 8 nitrogen and oxygen atoms in total. The van der Waals surface area contributed by atoms with E-state index in [9.17, 15) is 14.4 Å². The normalized spacial score (nSPS) is 26.2. The molecule has 3 aliphatic carbocycles. The minimum atomic E-state index is -0.623. The number of esters is 1. The fraction of sp³-hybridized carbons (Fsp3) is 0.559. The second-order valence-corrected chi connectivity index (χ2v) is 12.5. The summed E-state index contributed by atoms with van der Waals surface area (Å²) in [5, 5.41) is 6.21. The van der Waals surface area contributed by atoms with Gasteiger partial charge in [0.05, 0.1) is 37.2 Å².